The predicted molar refractivity (Wildman–Crippen MR) is 131 cm³/mol. The summed E-state index contributed by atoms with van der Waals surface area (Å²) in [6.45, 7) is 3.88. The molecule has 0 bridgehead atoms. The smallest absolute Gasteiger partial charge is 0.252 e. The standard InChI is InChI=1S/C26H32N2O4S/c1-18-7-3-4-8-20(18)25(29)27-21(12-16-33-2)26(30)28-13-5-9-22(28)19-10-11-23-24(17-19)32-15-6-14-31-23/h3-4,7-8,10-11,17,21-22H,5-6,9,12-16H2,1-2H3,(H,27,29)/t21-,22+/m1/s1. The average Bonchev–Trinajstić information content (AvgIpc) is 3.20. The lowest BCUT2D eigenvalue weighted by Crippen LogP contribution is -2.48. The van der Waals surface area contributed by atoms with Gasteiger partial charge < -0.3 is 19.7 Å². The summed E-state index contributed by atoms with van der Waals surface area (Å²) < 4.78 is 11.6. The molecule has 0 radical (unpaired) electrons. The fraction of sp³-hybridized carbons (Fsp3) is 0.462. The van der Waals surface area contributed by atoms with Gasteiger partial charge in [-0.1, -0.05) is 24.3 Å². The van der Waals surface area contributed by atoms with E-state index in [1.54, 1.807) is 17.8 Å². The van der Waals surface area contributed by atoms with E-state index in [0.717, 1.165) is 47.6 Å². The number of aryl methyl sites for hydroxylation is 1. The van der Waals surface area contributed by atoms with Crippen molar-refractivity contribution in [1.82, 2.24) is 10.2 Å². The Kier molecular flexibility index (Phi) is 7.81. The molecule has 2 heterocycles. The van der Waals surface area contributed by atoms with Gasteiger partial charge in [0.2, 0.25) is 5.91 Å². The van der Waals surface area contributed by atoms with E-state index in [-0.39, 0.29) is 17.9 Å². The minimum atomic E-state index is -0.550. The molecule has 0 unspecified atom stereocenters. The summed E-state index contributed by atoms with van der Waals surface area (Å²) in [6.07, 6.45) is 5.30. The highest BCUT2D eigenvalue weighted by molar-refractivity contribution is 7.98. The molecule has 176 valence electrons. The Bertz CT molecular complexity index is 996. The van der Waals surface area contributed by atoms with Crippen LogP contribution in [0.2, 0.25) is 0 Å². The molecule has 2 aliphatic heterocycles. The number of nitrogens with zero attached hydrogens (tertiary/aromatic N) is 1. The maximum atomic E-state index is 13.7. The van der Waals surface area contributed by atoms with Crippen molar-refractivity contribution in [2.24, 2.45) is 0 Å². The van der Waals surface area contributed by atoms with Crippen LogP contribution in [-0.2, 0) is 4.79 Å². The Hall–Kier alpha value is -2.67. The predicted octanol–water partition coefficient (Wildman–Crippen LogP) is 4.37. The number of rotatable bonds is 7. The number of nitrogens with one attached hydrogen (secondary N) is 1. The van der Waals surface area contributed by atoms with Gasteiger partial charge in [-0.15, -0.1) is 0 Å². The Balaban J connectivity index is 1.53. The molecule has 2 aromatic rings. The summed E-state index contributed by atoms with van der Waals surface area (Å²) in [5.74, 6) is 2.10. The zero-order valence-electron chi connectivity index (χ0n) is 19.3. The first-order chi connectivity index (χ1) is 16.1. The highest BCUT2D eigenvalue weighted by Crippen LogP contribution is 2.38. The molecular weight excluding hydrogens is 436 g/mol. The SMILES string of the molecule is CSCC[C@@H](NC(=O)c1ccccc1C)C(=O)N1CCC[C@H]1c1ccc2c(c1)OCCCO2. The maximum absolute atomic E-state index is 13.7. The number of amides is 2. The van der Waals surface area contributed by atoms with Crippen LogP contribution in [0.5, 0.6) is 11.5 Å². The van der Waals surface area contributed by atoms with Crippen LogP contribution in [-0.4, -0.2) is 54.5 Å². The van der Waals surface area contributed by atoms with E-state index in [2.05, 4.69) is 5.32 Å². The van der Waals surface area contributed by atoms with E-state index in [0.29, 0.717) is 31.7 Å². The number of fused-ring (bicyclic) bond motifs is 1. The number of hydrogen-bond acceptors (Lipinski definition) is 5. The van der Waals surface area contributed by atoms with Crippen molar-refractivity contribution in [3.8, 4) is 11.5 Å². The molecule has 6 nitrogen and oxygen atoms in total. The van der Waals surface area contributed by atoms with Gasteiger partial charge in [0.05, 0.1) is 19.3 Å². The van der Waals surface area contributed by atoms with Gasteiger partial charge in [0.25, 0.3) is 5.91 Å². The number of carbonyl (C=O) groups is 2. The van der Waals surface area contributed by atoms with E-state index < -0.39 is 6.04 Å². The van der Waals surface area contributed by atoms with Crippen LogP contribution in [0.3, 0.4) is 0 Å². The van der Waals surface area contributed by atoms with Crippen LogP contribution in [0.15, 0.2) is 42.5 Å². The number of ether oxygens (including phenoxy) is 2. The lowest BCUT2D eigenvalue weighted by atomic mass is 10.0. The molecule has 1 saturated heterocycles. The minimum absolute atomic E-state index is 0.0133. The molecule has 0 aliphatic carbocycles. The molecule has 2 aliphatic rings. The monoisotopic (exact) mass is 468 g/mol. The Morgan fingerprint density at radius 3 is 2.70 bits per heavy atom. The van der Waals surface area contributed by atoms with Gasteiger partial charge in [0.15, 0.2) is 11.5 Å². The molecule has 2 aromatic carbocycles. The topological polar surface area (TPSA) is 67.9 Å². The molecule has 1 fully saturated rings. The van der Waals surface area contributed by atoms with Gasteiger partial charge in [0, 0.05) is 18.5 Å². The van der Waals surface area contributed by atoms with Crippen molar-refractivity contribution >= 4 is 23.6 Å². The van der Waals surface area contributed by atoms with Crippen molar-refractivity contribution < 1.29 is 19.1 Å². The largest absolute Gasteiger partial charge is 0.490 e. The van der Waals surface area contributed by atoms with Crippen LogP contribution in [0.4, 0.5) is 0 Å². The molecule has 33 heavy (non-hydrogen) atoms. The second-order valence-corrected chi connectivity index (χ2v) is 9.55. The number of likely N-dealkylation sites (tertiary alicyclic amines) is 1. The van der Waals surface area contributed by atoms with Gasteiger partial charge in [-0.05, 0) is 67.5 Å². The first kappa shape index (κ1) is 23.5. The van der Waals surface area contributed by atoms with Crippen LogP contribution in [0.25, 0.3) is 0 Å². The molecule has 0 saturated carbocycles. The lowest BCUT2D eigenvalue weighted by molar-refractivity contribution is -0.134. The fourth-order valence-electron chi connectivity index (χ4n) is 4.52. The maximum Gasteiger partial charge on any atom is 0.252 e. The summed E-state index contributed by atoms with van der Waals surface area (Å²) in [5.41, 5.74) is 2.57. The van der Waals surface area contributed by atoms with E-state index in [1.165, 1.54) is 0 Å². The molecule has 2 atom stereocenters. The summed E-state index contributed by atoms with van der Waals surface area (Å²) in [7, 11) is 0. The van der Waals surface area contributed by atoms with E-state index >= 15 is 0 Å². The highest BCUT2D eigenvalue weighted by Gasteiger charge is 2.35. The zero-order valence-corrected chi connectivity index (χ0v) is 20.2. The van der Waals surface area contributed by atoms with Crippen LogP contribution in [0.1, 0.15) is 53.2 Å². The Labute approximate surface area is 200 Å². The number of thioether (sulfide) groups is 1. The van der Waals surface area contributed by atoms with Crippen molar-refractivity contribution in [2.45, 2.75) is 44.7 Å². The summed E-state index contributed by atoms with van der Waals surface area (Å²) in [5, 5.41) is 3.03. The van der Waals surface area contributed by atoms with Crippen LogP contribution < -0.4 is 14.8 Å². The highest BCUT2D eigenvalue weighted by atomic mass is 32.2. The first-order valence-electron chi connectivity index (χ1n) is 11.6. The normalized spacial score (nSPS) is 18.5. The quantitative estimate of drug-likeness (QED) is 0.654. The van der Waals surface area contributed by atoms with E-state index in [1.807, 2.05) is 54.5 Å². The van der Waals surface area contributed by atoms with Crippen molar-refractivity contribution in [2.75, 3.05) is 31.8 Å². The van der Waals surface area contributed by atoms with Crippen molar-refractivity contribution in [1.29, 1.82) is 0 Å². The van der Waals surface area contributed by atoms with Crippen LogP contribution >= 0.6 is 11.8 Å². The van der Waals surface area contributed by atoms with Gasteiger partial charge >= 0.3 is 0 Å². The summed E-state index contributed by atoms with van der Waals surface area (Å²) in [4.78, 5) is 28.6. The van der Waals surface area contributed by atoms with Gasteiger partial charge in [-0.3, -0.25) is 9.59 Å². The summed E-state index contributed by atoms with van der Waals surface area (Å²) in [6, 6.07) is 12.9. The van der Waals surface area contributed by atoms with Gasteiger partial charge in [-0.25, -0.2) is 0 Å². The van der Waals surface area contributed by atoms with Crippen molar-refractivity contribution in [3.63, 3.8) is 0 Å². The first-order valence-corrected chi connectivity index (χ1v) is 13.0. The molecule has 1 N–H and O–H groups in total. The Morgan fingerprint density at radius 1 is 1.12 bits per heavy atom. The number of hydrogen-bond donors (Lipinski definition) is 1. The number of carbonyl (C=O) groups excluding carboxylic acids is 2. The van der Waals surface area contributed by atoms with E-state index in [9.17, 15) is 9.59 Å². The third kappa shape index (κ3) is 5.46. The fourth-order valence-corrected chi connectivity index (χ4v) is 4.99. The molecule has 0 spiro atoms. The average molecular weight is 469 g/mol. The number of benzene rings is 2. The zero-order chi connectivity index (χ0) is 23.2. The third-order valence-electron chi connectivity index (χ3n) is 6.30. The second-order valence-electron chi connectivity index (χ2n) is 8.57. The molecular formula is C26H32N2O4S. The minimum Gasteiger partial charge on any atom is -0.490 e. The summed E-state index contributed by atoms with van der Waals surface area (Å²) >= 11 is 1.68. The van der Waals surface area contributed by atoms with Crippen molar-refractivity contribution in [3.05, 3.63) is 59.2 Å². The molecule has 2 amide bonds. The molecule has 7 heteroatoms. The van der Waals surface area contributed by atoms with Crippen LogP contribution in [0, 0.1) is 6.92 Å². The Morgan fingerprint density at radius 2 is 1.91 bits per heavy atom. The van der Waals surface area contributed by atoms with Gasteiger partial charge in [0.1, 0.15) is 6.04 Å². The second kappa shape index (κ2) is 11.0. The molecule has 4 rings (SSSR count). The van der Waals surface area contributed by atoms with Gasteiger partial charge in [-0.2, -0.15) is 11.8 Å². The van der Waals surface area contributed by atoms with E-state index in [4.69, 9.17) is 9.47 Å². The molecule has 0 aromatic heterocycles. The lowest BCUT2D eigenvalue weighted by Gasteiger charge is -2.30. The third-order valence-corrected chi connectivity index (χ3v) is 6.94.